The Morgan fingerprint density at radius 3 is 2.40 bits per heavy atom. The molecule has 6 heteroatoms. The van der Waals surface area contributed by atoms with Crippen LogP contribution in [-0.2, 0) is 11.2 Å². The fraction of sp³-hybridized carbons (Fsp3) is 0.639. The van der Waals surface area contributed by atoms with Crippen LogP contribution in [0.5, 0.6) is 0 Å². The van der Waals surface area contributed by atoms with Crippen molar-refractivity contribution < 1.29 is 24.2 Å². The molecule has 3 fully saturated rings. The molecule has 5 rings (SSSR count). The van der Waals surface area contributed by atoms with E-state index < -0.39 is 34.1 Å². The van der Waals surface area contributed by atoms with Gasteiger partial charge in [-0.25, -0.2) is 4.39 Å². The van der Waals surface area contributed by atoms with Gasteiger partial charge < -0.3 is 10.2 Å². The summed E-state index contributed by atoms with van der Waals surface area (Å²) in [6.07, 6.45) is 7.08. The standard InChI is InChI=1S/C36H48FNO4/c1-8-30(40)36(42)22(2)17-28-27-14-13-25-18-26(15-16-33(25,6)35(27,37)31(41)20-34(28,36)7)38-21-29(39)24-11-9-23(10-12-24)19-32(3,4)5/h9-12,15-16,18,22,27-28,31,41-42H,8,13-14,17,19-21H2,1-7H3/t22-,27+,28+,31+,33+,34+,35+,36+/m1/s1. The number of benzene rings is 1. The predicted octanol–water partition coefficient (Wildman–Crippen LogP) is 6.66. The van der Waals surface area contributed by atoms with E-state index in [0.717, 1.165) is 12.0 Å². The number of aliphatic hydroxyl groups excluding tert-OH is 1. The van der Waals surface area contributed by atoms with Crippen LogP contribution >= 0.6 is 0 Å². The summed E-state index contributed by atoms with van der Waals surface area (Å²) < 4.78 is 17.6. The van der Waals surface area contributed by atoms with Gasteiger partial charge in [-0.15, -0.1) is 0 Å². The molecule has 1 aromatic rings. The molecule has 0 radical (unpaired) electrons. The number of ketones is 2. The Balaban J connectivity index is 1.37. The van der Waals surface area contributed by atoms with Crippen molar-refractivity contribution in [3.05, 3.63) is 59.2 Å². The molecule has 0 unspecified atom stereocenters. The number of nitrogens with zero attached hydrogens (tertiary/aromatic N) is 1. The maximum Gasteiger partial charge on any atom is 0.184 e. The van der Waals surface area contributed by atoms with E-state index in [9.17, 15) is 19.8 Å². The van der Waals surface area contributed by atoms with E-state index in [1.54, 1.807) is 13.0 Å². The summed E-state index contributed by atoms with van der Waals surface area (Å²) in [5.74, 6) is -1.28. The average Bonchev–Trinajstić information content (AvgIpc) is 3.12. The Hall–Kier alpha value is -2.44. The fourth-order valence-electron chi connectivity index (χ4n) is 9.19. The van der Waals surface area contributed by atoms with Gasteiger partial charge in [-0.2, -0.15) is 0 Å². The molecule has 0 spiro atoms. The van der Waals surface area contributed by atoms with Gasteiger partial charge in [-0.05, 0) is 74.0 Å². The lowest BCUT2D eigenvalue weighted by Gasteiger charge is -2.62. The second-order valence-electron chi connectivity index (χ2n) is 15.1. The average molecular weight is 578 g/mol. The first-order valence-corrected chi connectivity index (χ1v) is 15.7. The highest BCUT2D eigenvalue weighted by atomic mass is 19.1. The van der Waals surface area contributed by atoms with Gasteiger partial charge in [0.1, 0.15) is 12.1 Å². The zero-order valence-corrected chi connectivity index (χ0v) is 26.3. The number of carbonyl (C=O) groups excluding carboxylic acids is 2. The number of hydrogen-bond donors (Lipinski definition) is 2. The highest BCUT2D eigenvalue weighted by molar-refractivity contribution is 6.08. The molecule has 3 saturated carbocycles. The van der Waals surface area contributed by atoms with Crippen molar-refractivity contribution in [3.63, 3.8) is 0 Å². The van der Waals surface area contributed by atoms with Gasteiger partial charge in [0, 0.05) is 28.7 Å². The molecule has 0 aliphatic heterocycles. The van der Waals surface area contributed by atoms with E-state index in [2.05, 4.69) is 25.8 Å². The zero-order valence-electron chi connectivity index (χ0n) is 26.3. The van der Waals surface area contributed by atoms with E-state index in [0.29, 0.717) is 30.5 Å². The minimum Gasteiger partial charge on any atom is -0.390 e. The maximum atomic E-state index is 17.6. The van der Waals surface area contributed by atoms with E-state index in [1.165, 1.54) is 5.56 Å². The molecule has 228 valence electrons. The summed E-state index contributed by atoms with van der Waals surface area (Å²) in [5, 5.41) is 23.4. The van der Waals surface area contributed by atoms with Crippen LogP contribution in [0.2, 0.25) is 0 Å². The van der Waals surface area contributed by atoms with Crippen molar-refractivity contribution in [1.82, 2.24) is 0 Å². The molecule has 0 bridgehead atoms. The number of aliphatic imine (C=N–C) groups is 1. The van der Waals surface area contributed by atoms with E-state index in [1.807, 2.05) is 57.2 Å². The quantitative estimate of drug-likeness (QED) is 0.371. The Labute approximate surface area is 250 Å². The van der Waals surface area contributed by atoms with Crippen LogP contribution in [0.3, 0.4) is 0 Å². The Morgan fingerprint density at radius 1 is 1.12 bits per heavy atom. The maximum absolute atomic E-state index is 17.6. The number of fused-ring (bicyclic) bond motifs is 5. The third kappa shape index (κ3) is 4.51. The molecule has 0 aromatic heterocycles. The monoisotopic (exact) mass is 577 g/mol. The molecular weight excluding hydrogens is 529 g/mol. The van der Waals surface area contributed by atoms with Crippen LogP contribution in [0, 0.1) is 34.0 Å². The van der Waals surface area contributed by atoms with Crippen LogP contribution in [0.4, 0.5) is 4.39 Å². The molecule has 1 aromatic carbocycles. The summed E-state index contributed by atoms with van der Waals surface area (Å²) in [7, 11) is 0. The lowest BCUT2D eigenvalue weighted by molar-refractivity contribution is -0.218. The van der Waals surface area contributed by atoms with E-state index >= 15 is 4.39 Å². The summed E-state index contributed by atoms with van der Waals surface area (Å²) in [6.45, 7) is 14.0. The third-order valence-corrected chi connectivity index (χ3v) is 11.4. The number of rotatable bonds is 6. The third-order valence-electron chi connectivity index (χ3n) is 11.4. The first kappa shape index (κ1) is 31.0. The first-order chi connectivity index (χ1) is 19.5. The van der Waals surface area contributed by atoms with E-state index in [4.69, 9.17) is 0 Å². The SMILES string of the molecule is CCC(=O)[C@@]1(O)[C@H](C)C[C@H]2[C@@H]3CCC4=CC(=NCC(=O)c5ccc(CC(C)(C)C)cc5)C=C[C@]4(C)[C@@]3(F)[C@@H](O)C[C@@]21C. The number of halogens is 1. The number of hydrogen-bond acceptors (Lipinski definition) is 5. The predicted molar refractivity (Wildman–Crippen MR) is 164 cm³/mol. The molecule has 5 nitrogen and oxygen atoms in total. The van der Waals surface area contributed by atoms with Gasteiger partial charge >= 0.3 is 0 Å². The minimum absolute atomic E-state index is 0.00710. The fourth-order valence-corrected chi connectivity index (χ4v) is 9.19. The van der Waals surface area contributed by atoms with Crippen LogP contribution < -0.4 is 0 Å². The lowest BCUT2D eigenvalue weighted by atomic mass is 9.44. The summed E-state index contributed by atoms with van der Waals surface area (Å²) in [6, 6.07) is 7.73. The lowest BCUT2D eigenvalue weighted by Crippen LogP contribution is -2.69. The van der Waals surface area contributed by atoms with Crippen molar-refractivity contribution in [2.45, 2.75) is 104 Å². The van der Waals surface area contributed by atoms with Gasteiger partial charge in [-0.3, -0.25) is 14.6 Å². The van der Waals surface area contributed by atoms with Crippen LogP contribution in [-0.4, -0.2) is 51.4 Å². The van der Waals surface area contributed by atoms with Crippen molar-refractivity contribution in [2.75, 3.05) is 6.54 Å². The van der Waals surface area contributed by atoms with Crippen LogP contribution in [0.1, 0.15) is 96.5 Å². The van der Waals surface area contributed by atoms with Crippen LogP contribution in [0.25, 0.3) is 0 Å². The Kier molecular flexibility index (Phi) is 7.63. The highest BCUT2D eigenvalue weighted by Crippen LogP contribution is 2.70. The topological polar surface area (TPSA) is 87.0 Å². The molecular formula is C36H48FNO4. The number of allylic oxidation sites excluding steroid dienone is 4. The van der Waals surface area contributed by atoms with Gasteiger partial charge in [0.2, 0.25) is 0 Å². The first-order valence-electron chi connectivity index (χ1n) is 15.7. The molecule has 0 heterocycles. The summed E-state index contributed by atoms with van der Waals surface area (Å²) in [5.41, 5.74) is -1.93. The zero-order chi connectivity index (χ0) is 30.9. The van der Waals surface area contributed by atoms with E-state index in [-0.39, 0.29) is 48.2 Å². The molecule has 0 amide bonds. The van der Waals surface area contributed by atoms with Crippen molar-refractivity contribution in [2.24, 2.45) is 39.0 Å². The van der Waals surface area contributed by atoms with Crippen molar-refractivity contribution in [1.29, 1.82) is 0 Å². The molecule has 0 saturated heterocycles. The highest BCUT2D eigenvalue weighted by Gasteiger charge is 2.75. The van der Waals surface area contributed by atoms with Gasteiger partial charge in [0.25, 0.3) is 0 Å². The van der Waals surface area contributed by atoms with Crippen LogP contribution in [0.15, 0.2) is 53.1 Å². The number of aliphatic hydroxyl groups is 2. The second kappa shape index (κ2) is 10.3. The Bertz CT molecular complexity index is 1360. The molecule has 4 aliphatic rings. The Morgan fingerprint density at radius 2 is 1.79 bits per heavy atom. The minimum atomic E-state index is -1.94. The summed E-state index contributed by atoms with van der Waals surface area (Å²) >= 11 is 0. The largest absolute Gasteiger partial charge is 0.390 e. The number of alkyl halides is 1. The molecule has 42 heavy (non-hydrogen) atoms. The number of carbonyl (C=O) groups is 2. The van der Waals surface area contributed by atoms with Gasteiger partial charge in [0.15, 0.2) is 17.2 Å². The van der Waals surface area contributed by atoms with Gasteiger partial charge in [-0.1, -0.05) is 77.5 Å². The summed E-state index contributed by atoms with van der Waals surface area (Å²) in [4.78, 5) is 30.5. The number of Topliss-reactive ketones (excluding diaryl/α,β-unsaturated/α-hetero) is 2. The van der Waals surface area contributed by atoms with Crippen molar-refractivity contribution >= 4 is 17.3 Å². The molecule has 2 N–H and O–H groups in total. The molecule has 4 aliphatic carbocycles. The smallest absolute Gasteiger partial charge is 0.184 e. The molecule has 8 atom stereocenters. The normalized spacial score (nSPS) is 40.2. The second-order valence-corrected chi connectivity index (χ2v) is 15.1. The van der Waals surface area contributed by atoms with Crippen molar-refractivity contribution in [3.8, 4) is 0 Å². The van der Waals surface area contributed by atoms with Gasteiger partial charge in [0.05, 0.1) is 11.8 Å².